The first-order valence-electron chi connectivity index (χ1n) is 17.6. The summed E-state index contributed by atoms with van der Waals surface area (Å²) in [5, 5.41) is 12.4. The topological polar surface area (TPSA) is 154 Å². The second-order valence-electron chi connectivity index (χ2n) is 14.8. The summed E-state index contributed by atoms with van der Waals surface area (Å²) in [5.74, 6) is 3.33. The van der Waals surface area contributed by atoms with Crippen LogP contribution < -0.4 is 15.2 Å². The van der Waals surface area contributed by atoms with Gasteiger partial charge in [0.05, 0.1) is 50.7 Å². The van der Waals surface area contributed by atoms with Crippen LogP contribution in [0.5, 0.6) is 0 Å². The van der Waals surface area contributed by atoms with Crippen molar-refractivity contribution >= 4 is 65.8 Å². The predicted molar refractivity (Wildman–Crippen MR) is 215 cm³/mol. The zero-order valence-corrected chi connectivity index (χ0v) is 34.0. The number of piperidine rings is 1. The summed E-state index contributed by atoms with van der Waals surface area (Å²) in [7, 11) is -2.18. The number of hydrogen-bond acceptors (Lipinski definition) is 11. The minimum absolute atomic E-state index is 0.0636. The molecular formula is C39H39ClF2N8O4S2. The third-order valence-electron chi connectivity index (χ3n) is 9.69. The van der Waals surface area contributed by atoms with Crippen molar-refractivity contribution in [3.63, 3.8) is 0 Å². The lowest BCUT2D eigenvalue weighted by molar-refractivity contribution is -0.0198. The van der Waals surface area contributed by atoms with Gasteiger partial charge in [-0.25, -0.2) is 31.9 Å². The highest BCUT2D eigenvalue weighted by molar-refractivity contribution is 7.91. The molecule has 4 aromatic heterocycles. The minimum atomic E-state index is -3.97. The first kappa shape index (κ1) is 40.7. The third-order valence-corrected chi connectivity index (χ3v) is 13.0. The molecule has 17 heteroatoms. The molecule has 0 aliphatic carbocycles. The highest BCUT2D eigenvalue weighted by atomic mass is 35.5. The van der Waals surface area contributed by atoms with Crippen LogP contribution in [0.1, 0.15) is 67.8 Å². The Morgan fingerprint density at radius 3 is 2.52 bits per heavy atom. The van der Waals surface area contributed by atoms with E-state index in [1.54, 1.807) is 48.5 Å². The highest BCUT2D eigenvalue weighted by Gasteiger charge is 2.33. The van der Waals surface area contributed by atoms with Crippen LogP contribution in [0.2, 0.25) is 5.02 Å². The number of aryl methyl sites for hydroxylation is 1. The molecule has 5 heterocycles. The molecule has 1 saturated heterocycles. The van der Waals surface area contributed by atoms with Gasteiger partial charge in [0.2, 0.25) is 10.0 Å². The summed E-state index contributed by atoms with van der Waals surface area (Å²) in [5.41, 5.74) is 2.18. The average Bonchev–Trinajstić information content (AvgIpc) is 3.56. The quantitative estimate of drug-likeness (QED) is 0.175. The zero-order chi connectivity index (χ0) is 40.7. The Bertz CT molecular complexity index is 2640. The number of anilines is 1. The van der Waals surface area contributed by atoms with E-state index in [-0.39, 0.29) is 41.2 Å². The molecule has 292 valence electrons. The minimum Gasteiger partial charge on any atom is -0.355 e. The summed E-state index contributed by atoms with van der Waals surface area (Å²) in [6.45, 7) is 7.62. The van der Waals surface area contributed by atoms with Crippen molar-refractivity contribution in [3.8, 4) is 29.0 Å². The van der Waals surface area contributed by atoms with Gasteiger partial charge in [-0.15, -0.1) is 11.3 Å². The fourth-order valence-corrected chi connectivity index (χ4v) is 8.46. The zero-order valence-electron chi connectivity index (χ0n) is 31.6. The summed E-state index contributed by atoms with van der Waals surface area (Å²) in [6, 6.07) is 9.00. The van der Waals surface area contributed by atoms with E-state index < -0.39 is 32.2 Å². The highest BCUT2D eigenvalue weighted by Crippen LogP contribution is 2.37. The van der Waals surface area contributed by atoms with Crippen LogP contribution in [0.15, 0.2) is 46.8 Å². The number of nitriles is 1. The molecule has 1 aliphatic heterocycles. The van der Waals surface area contributed by atoms with Gasteiger partial charge in [0.1, 0.15) is 23.3 Å². The first-order chi connectivity index (χ1) is 26.3. The van der Waals surface area contributed by atoms with E-state index >= 15 is 0 Å². The number of fused-ring (bicyclic) bond motifs is 2. The number of nitrogens with one attached hydrogen (secondary N) is 1. The number of pyridine rings is 2. The number of alkyl halides is 2. The van der Waals surface area contributed by atoms with Crippen molar-refractivity contribution in [1.29, 1.82) is 5.26 Å². The Balaban J connectivity index is 1.31. The lowest BCUT2D eigenvalue weighted by Crippen LogP contribution is -2.46. The molecule has 56 heavy (non-hydrogen) atoms. The fraction of sp³-hybridized carbons (Fsp3) is 0.385. The van der Waals surface area contributed by atoms with Gasteiger partial charge in [-0.05, 0) is 64.8 Å². The monoisotopic (exact) mass is 820 g/mol. The van der Waals surface area contributed by atoms with Crippen molar-refractivity contribution in [3.05, 3.63) is 79.9 Å². The number of thiophene rings is 1. The Morgan fingerprint density at radius 2 is 1.86 bits per heavy atom. The second kappa shape index (κ2) is 15.5. The van der Waals surface area contributed by atoms with Crippen molar-refractivity contribution < 1.29 is 22.0 Å². The summed E-state index contributed by atoms with van der Waals surface area (Å²) < 4.78 is 55.6. The Hall–Kier alpha value is -5.00. The number of nitrogens with zero attached hydrogens (tertiary/aromatic N) is 7. The summed E-state index contributed by atoms with van der Waals surface area (Å²) in [6.07, 6.45) is 4.17. The van der Waals surface area contributed by atoms with Crippen molar-refractivity contribution in [2.75, 3.05) is 31.6 Å². The predicted octanol–water partition coefficient (Wildman–Crippen LogP) is 6.37. The number of benzene rings is 1. The molecule has 0 radical (unpaired) electrons. The summed E-state index contributed by atoms with van der Waals surface area (Å²) >= 11 is 7.68. The Kier molecular flexibility index (Phi) is 11.3. The molecular weight excluding hydrogens is 782 g/mol. The fourth-order valence-electron chi connectivity index (χ4n) is 6.60. The van der Waals surface area contributed by atoms with E-state index in [0.717, 1.165) is 6.92 Å². The molecule has 6 rings (SSSR count). The molecule has 1 aromatic carbocycles. The SMILES string of the molecule is Cc1nc2cnc(N(C)C3CCN(CC(C)(F)F)CC3)c(C#N)c2c(=O)n1CC#Cc1ccc(Cl)cc1-c1ccnc2c(C(=O)NS(=O)(=O)C(C)(C)C)csc12. The van der Waals surface area contributed by atoms with Gasteiger partial charge in [-0.2, -0.15) is 5.26 Å². The Labute approximate surface area is 332 Å². The smallest absolute Gasteiger partial charge is 0.267 e. The maximum Gasteiger partial charge on any atom is 0.267 e. The summed E-state index contributed by atoms with van der Waals surface area (Å²) in [4.78, 5) is 44.3. The average molecular weight is 821 g/mol. The molecule has 1 aliphatic rings. The van der Waals surface area contributed by atoms with E-state index in [9.17, 15) is 32.0 Å². The van der Waals surface area contributed by atoms with Crippen LogP contribution in [0, 0.1) is 30.1 Å². The van der Waals surface area contributed by atoms with Crippen LogP contribution in [-0.4, -0.2) is 82.1 Å². The van der Waals surface area contributed by atoms with Gasteiger partial charge in [0, 0.05) is 66.4 Å². The number of carbonyl (C=O) groups is 1. The number of likely N-dealkylation sites (tertiary alicyclic amines) is 1. The van der Waals surface area contributed by atoms with E-state index in [1.807, 2.05) is 4.90 Å². The number of halogens is 3. The lowest BCUT2D eigenvalue weighted by atomic mass is 10.00. The first-order valence-corrected chi connectivity index (χ1v) is 20.4. The van der Waals surface area contributed by atoms with E-state index in [2.05, 4.69) is 37.6 Å². The van der Waals surface area contributed by atoms with Gasteiger partial charge in [0.15, 0.2) is 0 Å². The maximum atomic E-state index is 14.1. The van der Waals surface area contributed by atoms with E-state index in [4.69, 9.17) is 11.6 Å². The largest absolute Gasteiger partial charge is 0.355 e. The number of hydrogen-bond donors (Lipinski definition) is 1. The number of sulfonamides is 1. The van der Waals surface area contributed by atoms with Crippen molar-refractivity contribution in [2.45, 2.75) is 70.7 Å². The van der Waals surface area contributed by atoms with Crippen LogP contribution in [-0.2, 0) is 16.6 Å². The normalized spacial score (nSPS) is 14.4. The van der Waals surface area contributed by atoms with E-state index in [0.29, 0.717) is 69.5 Å². The lowest BCUT2D eigenvalue weighted by Gasteiger charge is -2.38. The Morgan fingerprint density at radius 1 is 1.14 bits per heavy atom. The van der Waals surface area contributed by atoms with Gasteiger partial charge >= 0.3 is 0 Å². The number of aromatic nitrogens is 4. The van der Waals surface area contributed by atoms with Gasteiger partial charge in [-0.3, -0.25) is 24.0 Å². The van der Waals surface area contributed by atoms with Crippen LogP contribution in [0.3, 0.4) is 0 Å². The molecule has 0 saturated carbocycles. The number of amides is 1. The molecule has 1 fully saturated rings. The van der Waals surface area contributed by atoms with Crippen LogP contribution >= 0.6 is 22.9 Å². The van der Waals surface area contributed by atoms with Crippen molar-refractivity contribution in [2.24, 2.45) is 0 Å². The molecule has 1 amide bonds. The molecule has 1 N–H and O–H groups in total. The van der Waals surface area contributed by atoms with Crippen LogP contribution in [0.25, 0.3) is 32.2 Å². The number of rotatable bonds is 8. The number of carbonyl (C=O) groups excluding carboxylic acids is 1. The standard InChI is InChI=1S/C39H39ClF2N8O4S2/c1-23-46-31-20-45-35(48(6)26-12-16-49(17-13-26)22-39(5,41)42)29(19-43)32(31)37(52)50(23)15-7-8-24-9-10-25(40)18-28(24)27-11-14-44-33-30(21-55-34(27)33)36(51)47-56(53,54)38(2,3)4/h9-11,14,18,20-21,26H,12-13,15-17,22H2,1-6H3,(H,47,51). The van der Waals surface area contributed by atoms with Crippen molar-refractivity contribution in [1.82, 2.24) is 29.1 Å². The maximum absolute atomic E-state index is 14.1. The molecule has 0 unspecified atom stereocenters. The second-order valence-corrected chi connectivity index (χ2v) is 18.5. The molecule has 5 aromatic rings. The molecule has 0 atom stereocenters. The molecule has 12 nitrogen and oxygen atoms in total. The molecule has 0 bridgehead atoms. The third kappa shape index (κ3) is 8.25. The van der Waals surface area contributed by atoms with Gasteiger partial charge in [-0.1, -0.05) is 23.4 Å². The van der Waals surface area contributed by atoms with Gasteiger partial charge < -0.3 is 4.90 Å². The van der Waals surface area contributed by atoms with Crippen LogP contribution in [0.4, 0.5) is 14.6 Å². The van der Waals surface area contributed by atoms with E-state index in [1.165, 1.54) is 49.1 Å². The van der Waals surface area contributed by atoms with Gasteiger partial charge in [0.25, 0.3) is 17.4 Å². The molecule has 0 spiro atoms.